The third-order valence-corrected chi connectivity index (χ3v) is 8.52. The van der Waals surface area contributed by atoms with Crippen LogP contribution in [0.15, 0.2) is 59.7 Å². The Hall–Kier alpha value is -4.12. The van der Waals surface area contributed by atoms with Crippen molar-refractivity contribution in [3.8, 4) is 0 Å². The van der Waals surface area contributed by atoms with Gasteiger partial charge in [0.05, 0.1) is 46.0 Å². The quantitative estimate of drug-likeness (QED) is 0.351. The number of pyridine rings is 2. The second-order valence-electron chi connectivity index (χ2n) is 10.8. The van der Waals surface area contributed by atoms with Crippen LogP contribution in [-0.2, 0) is 35.9 Å². The highest BCUT2D eigenvalue weighted by atomic mass is 19.4. The summed E-state index contributed by atoms with van der Waals surface area (Å²) in [4.78, 5) is 37.6. The SMILES string of the molecule is NCc1n[nH]c(=O)c2ccc(C3(C(=O)N(Cc4ccc(C(F)(F)F)cn4)C4CCCc5cccnc54)CCC3)cc12. The van der Waals surface area contributed by atoms with Crippen LogP contribution < -0.4 is 11.3 Å². The second kappa shape index (κ2) is 10.4. The summed E-state index contributed by atoms with van der Waals surface area (Å²) in [6, 6.07) is 11.2. The van der Waals surface area contributed by atoms with E-state index in [4.69, 9.17) is 5.73 Å². The van der Waals surface area contributed by atoms with Crippen molar-refractivity contribution in [2.24, 2.45) is 5.73 Å². The van der Waals surface area contributed by atoms with E-state index in [1.165, 1.54) is 6.07 Å². The Morgan fingerprint density at radius 1 is 1.10 bits per heavy atom. The van der Waals surface area contributed by atoms with Crippen LogP contribution >= 0.6 is 0 Å². The van der Waals surface area contributed by atoms with Crippen molar-refractivity contribution >= 4 is 16.7 Å². The fourth-order valence-electron chi connectivity index (χ4n) is 6.18. The molecule has 0 bridgehead atoms. The van der Waals surface area contributed by atoms with E-state index in [1.54, 1.807) is 17.2 Å². The summed E-state index contributed by atoms with van der Waals surface area (Å²) in [6.45, 7) is 0.163. The van der Waals surface area contributed by atoms with Gasteiger partial charge in [-0.2, -0.15) is 18.3 Å². The van der Waals surface area contributed by atoms with Crippen LogP contribution in [0.2, 0.25) is 0 Å². The van der Waals surface area contributed by atoms with Gasteiger partial charge in [-0.25, -0.2) is 5.10 Å². The average molecular weight is 563 g/mol. The minimum absolute atomic E-state index is 0.0439. The molecule has 8 nitrogen and oxygen atoms in total. The lowest BCUT2D eigenvalue weighted by molar-refractivity contribution is -0.145. The van der Waals surface area contributed by atoms with Crippen LogP contribution in [-0.4, -0.2) is 31.0 Å². The average Bonchev–Trinajstić information content (AvgIpc) is 2.95. The molecule has 1 fully saturated rings. The van der Waals surface area contributed by atoms with E-state index in [0.717, 1.165) is 48.3 Å². The molecule has 212 valence electrons. The molecule has 1 saturated carbocycles. The molecule has 6 rings (SSSR count). The van der Waals surface area contributed by atoms with Crippen molar-refractivity contribution in [3.63, 3.8) is 0 Å². The lowest BCUT2D eigenvalue weighted by Gasteiger charge is -2.46. The third-order valence-electron chi connectivity index (χ3n) is 8.52. The van der Waals surface area contributed by atoms with Gasteiger partial charge in [0, 0.05) is 24.3 Å². The van der Waals surface area contributed by atoms with Crippen LogP contribution in [0.5, 0.6) is 0 Å². The van der Waals surface area contributed by atoms with Gasteiger partial charge in [0.2, 0.25) is 5.91 Å². The molecular weight excluding hydrogens is 533 g/mol. The van der Waals surface area contributed by atoms with Crippen molar-refractivity contribution in [2.75, 3.05) is 0 Å². The topological polar surface area (TPSA) is 118 Å². The molecule has 1 unspecified atom stereocenters. The Kier molecular flexibility index (Phi) is 6.85. The summed E-state index contributed by atoms with van der Waals surface area (Å²) in [7, 11) is 0. The molecule has 2 aliphatic rings. The number of nitrogens with two attached hydrogens (primary N) is 1. The number of hydrogen-bond acceptors (Lipinski definition) is 6. The number of rotatable bonds is 6. The number of carbonyl (C=O) groups is 1. The molecular formula is C30H29F3N6O2. The molecule has 0 spiro atoms. The monoisotopic (exact) mass is 562 g/mol. The second-order valence-corrected chi connectivity index (χ2v) is 10.8. The number of alkyl halides is 3. The number of hydrogen-bond donors (Lipinski definition) is 2. The number of H-pyrrole nitrogens is 1. The minimum atomic E-state index is -4.50. The van der Waals surface area contributed by atoms with Crippen LogP contribution in [0.4, 0.5) is 13.2 Å². The van der Waals surface area contributed by atoms with Gasteiger partial charge in [-0.1, -0.05) is 18.6 Å². The van der Waals surface area contributed by atoms with Crippen LogP contribution in [0, 0.1) is 0 Å². The standard InChI is InChI=1S/C30H29F3N6O2/c31-30(32,33)20-7-9-21(36-16-20)17-39(25-6-1-4-18-5-2-13-35-26(18)25)28(41)29(11-3-12-29)19-8-10-22-23(14-19)24(15-34)37-38-27(22)40/h2,5,7-10,13-14,16,25H,1,3-4,6,11-12,15,17,34H2,(H,38,40). The summed E-state index contributed by atoms with van der Waals surface area (Å²) >= 11 is 0. The molecule has 3 aromatic heterocycles. The minimum Gasteiger partial charge on any atom is -0.327 e. The zero-order valence-corrected chi connectivity index (χ0v) is 22.2. The Labute approximate surface area is 233 Å². The molecule has 2 aliphatic carbocycles. The molecule has 0 radical (unpaired) electrons. The van der Waals surface area contributed by atoms with E-state index >= 15 is 0 Å². The van der Waals surface area contributed by atoms with Crippen molar-refractivity contribution in [3.05, 3.63) is 99.0 Å². The highest BCUT2D eigenvalue weighted by molar-refractivity contribution is 5.92. The molecule has 11 heteroatoms. The lowest BCUT2D eigenvalue weighted by Crippen LogP contribution is -2.52. The van der Waals surface area contributed by atoms with Gasteiger partial charge >= 0.3 is 6.18 Å². The van der Waals surface area contributed by atoms with Gasteiger partial charge in [-0.15, -0.1) is 0 Å². The normalized spacial score (nSPS) is 18.0. The van der Waals surface area contributed by atoms with Gasteiger partial charge in [0.1, 0.15) is 0 Å². The molecule has 1 atom stereocenters. The largest absolute Gasteiger partial charge is 0.417 e. The van der Waals surface area contributed by atoms with Gasteiger partial charge in [-0.05, 0) is 73.6 Å². The number of aryl methyl sites for hydroxylation is 1. The maximum atomic E-state index is 14.7. The Bertz CT molecular complexity index is 1660. The van der Waals surface area contributed by atoms with E-state index in [0.29, 0.717) is 41.4 Å². The Morgan fingerprint density at radius 3 is 2.61 bits per heavy atom. The van der Waals surface area contributed by atoms with E-state index in [2.05, 4.69) is 20.2 Å². The maximum Gasteiger partial charge on any atom is 0.417 e. The van der Waals surface area contributed by atoms with Crippen LogP contribution in [0.1, 0.15) is 71.9 Å². The zero-order chi connectivity index (χ0) is 28.8. The lowest BCUT2D eigenvalue weighted by atomic mass is 9.63. The first kappa shape index (κ1) is 27.1. The fraction of sp³-hybridized carbons (Fsp3) is 0.367. The van der Waals surface area contributed by atoms with Crippen molar-refractivity contribution in [2.45, 2.75) is 69.2 Å². The summed E-state index contributed by atoms with van der Waals surface area (Å²) in [5.74, 6) is -0.125. The summed E-state index contributed by atoms with van der Waals surface area (Å²) in [5, 5.41) is 7.62. The molecule has 3 N–H and O–H groups in total. The Balaban J connectivity index is 1.44. The predicted molar refractivity (Wildman–Crippen MR) is 145 cm³/mol. The number of halogens is 3. The molecule has 3 heterocycles. The summed E-state index contributed by atoms with van der Waals surface area (Å²) in [6.07, 6.45) is 2.44. The summed E-state index contributed by atoms with van der Waals surface area (Å²) in [5.41, 5.74) is 7.41. The third kappa shape index (κ3) is 4.77. The first-order chi connectivity index (χ1) is 19.7. The van der Waals surface area contributed by atoms with Crippen molar-refractivity contribution in [1.29, 1.82) is 0 Å². The predicted octanol–water partition coefficient (Wildman–Crippen LogP) is 4.72. The van der Waals surface area contributed by atoms with Gasteiger partial charge in [-0.3, -0.25) is 19.6 Å². The van der Waals surface area contributed by atoms with Crippen LogP contribution in [0.25, 0.3) is 10.8 Å². The number of fused-ring (bicyclic) bond motifs is 2. The first-order valence-electron chi connectivity index (χ1n) is 13.7. The number of aromatic nitrogens is 4. The fourth-order valence-corrected chi connectivity index (χ4v) is 6.18. The highest BCUT2D eigenvalue weighted by Crippen LogP contribution is 2.48. The number of amides is 1. The summed E-state index contributed by atoms with van der Waals surface area (Å²) < 4.78 is 39.6. The molecule has 4 aromatic rings. The number of benzene rings is 1. The number of carbonyl (C=O) groups excluding carboxylic acids is 1. The smallest absolute Gasteiger partial charge is 0.327 e. The van der Waals surface area contributed by atoms with Gasteiger partial charge in [0.25, 0.3) is 5.56 Å². The number of nitrogens with zero attached hydrogens (tertiary/aromatic N) is 4. The maximum absolute atomic E-state index is 14.7. The highest BCUT2D eigenvalue weighted by Gasteiger charge is 2.49. The van der Waals surface area contributed by atoms with E-state index in [-0.39, 0.29) is 30.6 Å². The molecule has 0 aliphatic heterocycles. The van der Waals surface area contributed by atoms with E-state index in [1.807, 2.05) is 24.3 Å². The van der Waals surface area contributed by atoms with E-state index in [9.17, 15) is 22.8 Å². The zero-order valence-electron chi connectivity index (χ0n) is 22.2. The number of nitrogens with one attached hydrogen (secondary N) is 1. The number of aromatic amines is 1. The molecule has 1 amide bonds. The van der Waals surface area contributed by atoms with Crippen molar-refractivity contribution < 1.29 is 18.0 Å². The van der Waals surface area contributed by atoms with E-state index < -0.39 is 17.2 Å². The molecule has 41 heavy (non-hydrogen) atoms. The van der Waals surface area contributed by atoms with Crippen molar-refractivity contribution in [1.82, 2.24) is 25.1 Å². The van der Waals surface area contributed by atoms with Gasteiger partial charge < -0.3 is 10.6 Å². The van der Waals surface area contributed by atoms with Crippen LogP contribution in [0.3, 0.4) is 0 Å². The first-order valence-corrected chi connectivity index (χ1v) is 13.7. The van der Waals surface area contributed by atoms with Gasteiger partial charge in [0.15, 0.2) is 0 Å². The molecule has 1 aromatic carbocycles. The Morgan fingerprint density at radius 2 is 1.93 bits per heavy atom. The molecule has 0 saturated heterocycles.